The number of hydrogen-bond acceptors (Lipinski definition) is 2. The maximum Gasteiger partial charge on any atom is 0.266 e. The number of nitrogens with one attached hydrogen (secondary N) is 2. The highest BCUT2D eigenvalue weighted by atomic mass is 32.1. The van der Waals surface area contributed by atoms with E-state index in [4.69, 9.17) is 16.6 Å². The molecule has 0 aliphatic carbocycles. The van der Waals surface area contributed by atoms with Crippen LogP contribution in [0.4, 0.5) is 4.39 Å². The summed E-state index contributed by atoms with van der Waals surface area (Å²) in [7, 11) is 0. The van der Waals surface area contributed by atoms with Gasteiger partial charge in [-0.3, -0.25) is 0 Å². The Morgan fingerprint density at radius 2 is 1.95 bits per heavy atom. The average molecular weight is 284 g/mol. The molecule has 0 aliphatic rings. The van der Waals surface area contributed by atoms with Gasteiger partial charge in [-0.2, -0.15) is 0 Å². The standard InChI is InChI=1S/C15H9FN2OS/c16-9-2-3-10-11(7-17-13(10)6-9)8-1-4-12-14(5-8)19-15(20)18-12/h1-7,17H,(H,18,20). The Bertz CT molecular complexity index is 996. The first-order chi connectivity index (χ1) is 9.70. The van der Waals surface area contributed by atoms with Crippen LogP contribution in [-0.2, 0) is 0 Å². The molecule has 20 heavy (non-hydrogen) atoms. The second-order valence-electron chi connectivity index (χ2n) is 4.62. The monoisotopic (exact) mass is 284 g/mol. The van der Waals surface area contributed by atoms with Crippen molar-refractivity contribution in [1.29, 1.82) is 0 Å². The lowest BCUT2D eigenvalue weighted by molar-refractivity contribution is 0.583. The lowest BCUT2D eigenvalue weighted by atomic mass is 10.0. The number of rotatable bonds is 1. The number of benzene rings is 2. The molecule has 4 rings (SSSR count). The molecule has 5 heteroatoms. The van der Waals surface area contributed by atoms with Crippen molar-refractivity contribution in [2.24, 2.45) is 0 Å². The summed E-state index contributed by atoms with van der Waals surface area (Å²) < 4.78 is 18.6. The van der Waals surface area contributed by atoms with Crippen LogP contribution in [0.25, 0.3) is 33.1 Å². The molecule has 0 saturated carbocycles. The van der Waals surface area contributed by atoms with E-state index in [-0.39, 0.29) is 5.82 Å². The first kappa shape index (κ1) is 11.4. The van der Waals surface area contributed by atoms with Crippen molar-refractivity contribution in [3.8, 4) is 11.1 Å². The van der Waals surface area contributed by atoms with E-state index in [9.17, 15) is 4.39 Å². The zero-order chi connectivity index (χ0) is 13.7. The Balaban J connectivity index is 1.98. The number of hydrogen-bond donors (Lipinski definition) is 2. The van der Waals surface area contributed by atoms with Crippen molar-refractivity contribution in [3.05, 3.63) is 53.2 Å². The third kappa shape index (κ3) is 1.67. The molecule has 0 aliphatic heterocycles. The minimum Gasteiger partial charge on any atom is -0.429 e. The summed E-state index contributed by atoms with van der Waals surface area (Å²) in [5.74, 6) is -0.252. The molecule has 3 nitrogen and oxygen atoms in total. The van der Waals surface area contributed by atoms with Crippen LogP contribution in [0.2, 0.25) is 0 Å². The van der Waals surface area contributed by atoms with Crippen molar-refractivity contribution in [2.75, 3.05) is 0 Å². The van der Waals surface area contributed by atoms with E-state index in [2.05, 4.69) is 9.97 Å². The van der Waals surface area contributed by atoms with Crippen LogP contribution >= 0.6 is 12.2 Å². The Hall–Kier alpha value is -2.40. The topological polar surface area (TPSA) is 44.7 Å². The van der Waals surface area contributed by atoms with E-state index < -0.39 is 0 Å². The molecule has 0 amide bonds. The maximum absolute atomic E-state index is 13.2. The summed E-state index contributed by atoms with van der Waals surface area (Å²) in [6.07, 6.45) is 1.87. The third-order valence-corrected chi connectivity index (χ3v) is 3.56. The van der Waals surface area contributed by atoms with Crippen LogP contribution in [0.1, 0.15) is 0 Å². The van der Waals surface area contributed by atoms with Crippen molar-refractivity contribution in [3.63, 3.8) is 0 Å². The van der Waals surface area contributed by atoms with Crippen LogP contribution in [0.5, 0.6) is 0 Å². The molecule has 0 spiro atoms. The van der Waals surface area contributed by atoms with Gasteiger partial charge >= 0.3 is 0 Å². The van der Waals surface area contributed by atoms with Crippen molar-refractivity contribution in [1.82, 2.24) is 9.97 Å². The summed E-state index contributed by atoms with van der Waals surface area (Å²) in [5.41, 5.74) is 4.35. The van der Waals surface area contributed by atoms with E-state index in [1.807, 2.05) is 24.4 Å². The van der Waals surface area contributed by atoms with Crippen molar-refractivity contribution in [2.45, 2.75) is 0 Å². The Morgan fingerprint density at radius 1 is 1.05 bits per heavy atom. The van der Waals surface area contributed by atoms with Crippen molar-refractivity contribution >= 4 is 34.2 Å². The highest BCUT2D eigenvalue weighted by Gasteiger charge is 2.08. The van der Waals surface area contributed by atoms with Gasteiger partial charge in [-0.15, -0.1) is 0 Å². The van der Waals surface area contributed by atoms with Crippen LogP contribution in [0.3, 0.4) is 0 Å². The van der Waals surface area contributed by atoms with Gasteiger partial charge in [-0.1, -0.05) is 6.07 Å². The predicted molar refractivity (Wildman–Crippen MR) is 78.6 cm³/mol. The Kier molecular flexibility index (Phi) is 2.31. The third-order valence-electron chi connectivity index (χ3n) is 3.38. The first-order valence-electron chi connectivity index (χ1n) is 6.10. The normalized spacial score (nSPS) is 11.4. The van der Waals surface area contributed by atoms with Gasteiger partial charge in [-0.25, -0.2) is 4.39 Å². The van der Waals surface area contributed by atoms with Gasteiger partial charge in [0.25, 0.3) is 4.84 Å². The number of oxazole rings is 1. The molecule has 0 saturated heterocycles. The molecule has 0 bridgehead atoms. The smallest absolute Gasteiger partial charge is 0.266 e. The second kappa shape index (κ2) is 4.05. The molecule has 0 unspecified atom stereocenters. The quantitative estimate of drug-likeness (QED) is 0.494. The Morgan fingerprint density at radius 3 is 2.85 bits per heavy atom. The second-order valence-corrected chi connectivity index (χ2v) is 4.99. The van der Waals surface area contributed by atoms with Crippen LogP contribution in [-0.4, -0.2) is 9.97 Å². The summed E-state index contributed by atoms with van der Waals surface area (Å²) in [4.78, 5) is 6.41. The van der Waals surface area contributed by atoms with Gasteiger partial charge in [0, 0.05) is 22.7 Å². The Labute approximate surface area is 118 Å². The molecule has 0 atom stereocenters. The lowest BCUT2D eigenvalue weighted by Crippen LogP contribution is -1.77. The van der Waals surface area contributed by atoms with Gasteiger partial charge in [0.2, 0.25) is 0 Å². The van der Waals surface area contributed by atoms with Gasteiger partial charge in [0.1, 0.15) is 5.82 Å². The fraction of sp³-hybridized carbons (Fsp3) is 0. The molecule has 2 N–H and O–H groups in total. The number of aromatic nitrogens is 2. The number of halogens is 1. The zero-order valence-corrected chi connectivity index (χ0v) is 11.1. The molecule has 98 valence electrons. The van der Waals surface area contributed by atoms with E-state index in [0.29, 0.717) is 10.4 Å². The first-order valence-corrected chi connectivity index (χ1v) is 6.51. The summed E-state index contributed by atoms with van der Waals surface area (Å²) in [5, 5.41) is 0.972. The molecule has 0 fully saturated rings. The molecular weight excluding hydrogens is 275 g/mol. The molecule has 4 aromatic rings. The van der Waals surface area contributed by atoms with E-state index in [1.54, 1.807) is 6.07 Å². The summed E-state index contributed by atoms with van der Waals surface area (Å²) >= 11 is 4.98. The van der Waals surface area contributed by atoms with Gasteiger partial charge < -0.3 is 14.4 Å². The highest BCUT2D eigenvalue weighted by Crippen LogP contribution is 2.31. The average Bonchev–Trinajstić information content (AvgIpc) is 2.99. The van der Waals surface area contributed by atoms with Gasteiger partial charge in [-0.05, 0) is 48.1 Å². The highest BCUT2D eigenvalue weighted by molar-refractivity contribution is 7.71. The fourth-order valence-corrected chi connectivity index (χ4v) is 2.65. The zero-order valence-electron chi connectivity index (χ0n) is 10.2. The van der Waals surface area contributed by atoms with Crippen molar-refractivity contribution < 1.29 is 8.81 Å². The van der Waals surface area contributed by atoms with Crippen LogP contribution in [0, 0.1) is 10.7 Å². The number of fused-ring (bicyclic) bond motifs is 2. The largest absolute Gasteiger partial charge is 0.429 e. The van der Waals surface area contributed by atoms with Gasteiger partial charge in [0.15, 0.2) is 5.58 Å². The molecule has 2 heterocycles. The van der Waals surface area contributed by atoms with E-state index in [1.165, 1.54) is 12.1 Å². The SMILES string of the molecule is Fc1ccc2c(-c3ccc4[nH]c(=S)oc4c3)c[nH]c2c1. The molecule has 0 radical (unpaired) electrons. The van der Waals surface area contributed by atoms with Gasteiger partial charge in [0.05, 0.1) is 5.52 Å². The fourth-order valence-electron chi connectivity index (χ4n) is 2.45. The number of H-pyrrole nitrogens is 2. The number of aromatic amines is 2. The predicted octanol–water partition coefficient (Wildman–Crippen LogP) is 4.78. The van der Waals surface area contributed by atoms with E-state index >= 15 is 0 Å². The maximum atomic E-state index is 13.2. The minimum absolute atomic E-state index is 0.252. The summed E-state index contributed by atoms with van der Waals surface area (Å²) in [6, 6.07) is 10.5. The lowest BCUT2D eigenvalue weighted by Gasteiger charge is -1.99. The van der Waals surface area contributed by atoms with Crippen LogP contribution in [0.15, 0.2) is 47.0 Å². The molecular formula is C15H9FN2OS. The minimum atomic E-state index is -0.252. The van der Waals surface area contributed by atoms with E-state index in [0.717, 1.165) is 27.5 Å². The van der Waals surface area contributed by atoms with Crippen LogP contribution < -0.4 is 0 Å². The molecule has 2 aromatic carbocycles. The molecule has 2 aromatic heterocycles. The summed E-state index contributed by atoms with van der Waals surface area (Å²) in [6.45, 7) is 0.